The normalized spacial score (nSPS) is 26.9. The van der Waals surface area contributed by atoms with Gasteiger partial charge in [0.25, 0.3) is 0 Å². The number of alkyl halides is 3. The molecule has 0 amide bonds. The second-order valence-electron chi connectivity index (χ2n) is 9.43. The third-order valence-corrected chi connectivity index (χ3v) is 7.46. The van der Waals surface area contributed by atoms with Crippen LogP contribution in [-0.4, -0.2) is 52.2 Å². The van der Waals surface area contributed by atoms with Crippen molar-refractivity contribution in [2.45, 2.75) is 31.1 Å². The summed E-state index contributed by atoms with van der Waals surface area (Å²) < 4.78 is 45.6. The van der Waals surface area contributed by atoms with Gasteiger partial charge in [-0.1, -0.05) is 6.07 Å². The zero-order valence-electron chi connectivity index (χ0n) is 18.3. The third-order valence-electron chi connectivity index (χ3n) is 7.46. The zero-order chi connectivity index (χ0) is 23.4. The molecule has 0 radical (unpaired) electrons. The van der Waals surface area contributed by atoms with Crippen molar-refractivity contribution in [1.29, 1.82) is 5.26 Å². The molecule has 3 aliphatic rings. The number of nitriles is 1. The summed E-state index contributed by atoms with van der Waals surface area (Å²) in [7, 11) is 0. The smallest absolute Gasteiger partial charge is 0.381 e. The van der Waals surface area contributed by atoms with Crippen LogP contribution in [0, 0.1) is 23.2 Å². The third kappa shape index (κ3) is 3.60. The van der Waals surface area contributed by atoms with E-state index in [0.717, 1.165) is 56.3 Å². The fourth-order valence-electron chi connectivity index (χ4n) is 5.79. The van der Waals surface area contributed by atoms with Crippen LogP contribution in [0.2, 0.25) is 0 Å². The van der Waals surface area contributed by atoms with E-state index in [0.29, 0.717) is 28.6 Å². The Bertz CT molecular complexity index is 1270. The van der Waals surface area contributed by atoms with E-state index in [1.165, 1.54) is 6.33 Å². The molecular weight excluding hydrogens is 445 g/mol. The number of aromatic nitrogens is 3. The molecule has 2 fully saturated rings. The van der Waals surface area contributed by atoms with Gasteiger partial charge in [-0.25, -0.2) is 9.97 Å². The number of nitrogens with zero attached hydrogens (tertiary/aromatic N) is 4. The van der Waals surface area contributed by atoms with Crippen LogP contribution in [0.4, 0.5) is 19.0 Å². The predicted molar refractivity (Wildman–Crippen MR) is 118 cm³/mol. The molecule has 3 aromatic rings. The van der Waals surface area contributed by atoms with Crippen molar-refractivity contribution in [3.8, 4) is 6.07 Å². The van der Waals surface area contributed by atoms with Crippen molar-refractivity contribution in [1.82, 2.24) is 19.9 Å². The molecule has 6 rings (SSSR count). The fraction of sp³-hybridized carbons (Fsp3) is 0.458. The molecule has 0 bridgehead atoms. The van der Waals surface area contributed by atoms with Crippen molar-refractivity contribution < 1.29 is 17.9 Å². The summed E-state index contributed by atoms with van der Waals surface area (Å²) >= 11 is 0. The molecule has 1 aliphatic carbocycles. The average molecular weight is 468 g/mol. The fourth-order valence-corrected chi connectivity index (χ4v) is 5.79. The number of anilines is 1. The Morgan fingerprint density at radius 3 is 2.68 bits per heavy atom. The first kappa shape index (κ1) is 21.4. The zero-order valence-corrected chi connectivity index (χ0v) is 18.3. The lowest BCUT2D eigenvalue weighted by molar-refractivity contribution is -0.140. The summed E-state index contributed by atoms with van der Waals surface area (Å²) in [6.45, 7) is 3.45. The highest BCUT2D eigenvalue weighted by Crippen LogP contribution is 2.41. The van der Waals surface area contributed by atoms with Crippen molar-refractivity contribution in [2.75, 3.05) is 31.6 Å². The Balaban J connectivity index is 1.39. The van der Waals surface area contributed by atoms with Crippen LogP contribution in [0.1, 0.15) is 34.8 Å². The van der Waals surface area contributed by atoms with Crippen LogP contribution in [0.25, 0.3) is 11.0 Å². The highest BCUT2D eigenvalue weighted by Gasteiger charge is 2.43. The van der Waals surface area contributed by atoms with Crippen LogP contribution in [-0.2, 0) is 17.3 Å². The van der Waals surface area contributed by atoms with Gasteiger partial charge in [0.1, 0.15) is 23.5 Å². The van der Waals surface area contributed by atoms with Gasteiger partial charge in [0.2, 0.25) is 0 Å². The molecule has 1 aromatic carbocycles. The largest absolute Gasteiger partial charge is 0.431 e. The summed E-state index contributed by atoms with van der Waals surface area (Å²) in [5, 5.41) is 13.1. The minimum absolute atomic E-state index is 0.144. The molecule has 0 saturated carbocycles. The van der Waals surface area contributed by atoms with E-state index in [4.69, 9.17) is 4.74 Å². The summed E-state index contributed by atoms with van der Waals surface area (Å²) in [4.78, 5) is 13.2. The van der Waals surface area contributed by atoms with Crippen LogP contribution in [0.3, 0.4) is 0 Å². The number of rotatable bonds is 3. The van der Waals surface area contributed by atoms with Gasteiger partial charge in [-0.05, 0) is 42.2 Å². The molecular formula is C24H23F3N6O. The van der Waals surface area contributed by atoms with E-state index >= 15 is 0 Å². The maximum atomic E-state index is 13.3. The summed E-state index contributed by atoms with van der Waals surface area (Å²) in [6, 6.07) is 8.92. The van der Waals surface area contributed by atoms with Crippen LogP contribution < -0.4 is 5.32 Å². The van der Waals surface area contributed by atoms with Crippen LogP contribution >= 0.6 is 0 Å². The van der Waals surface area contributed by atoms with Gasteiger partial charge in [0.15, 0.2) is 0 Å². The van der Waals surface area contributed by atoms with Gasteiger partial charge in [-0.15, -0.1) is 0 Å². The maximum Gasteiger partial charge on any atom is 0.431 e. The van der Waals surface area contributed by atoms with Gasteiger partial charge in [0, 0.05) is 31.0 Å². The van der Waals surface area contributed by atoms with Crippen molar-refractivity contribution in [3.05, 3.63) is 53.0 Å². The highest BCUT2D eigenvalue weighted by molar-refractivity contribution is 5.88. The van der Waals surface area contributed by atoms with Crippen molar-refractivity contribution in [3.63, 3.8) is 0 Å². The summed E-state index contributed by atoms with van der Waals surface area (Å²) in [6.07, 6.45) is -1.50. The van der Waals surface area contributed by atoms with E-state index in [1.54, 1.807) is 6.07 Å². The lowest BCUT2D eigenvalue weighted by Gasteiger charge is -2.40. The summed E-state index contributed by atoms with van der Waals surface area (Å²) in [5.74, 6) is 1.41. The Hall–Kier alpha value is -3.16. The number of aromatic amines is 1. The molecule has 0 spiro atoms. The Kier molecular flexibility index (Phi) is 5.00. The first-order chi connectivity index (χ1) is 16.4. The molecule has 7 nitrogen and oxygen atoms in total. The Morgan fingerprint density at radius 2 is 1.94 bits per heavy atom. The minimum Gasteiger partial charge on any atom is -0.381 e. The second-order valence-corrected chi connectivity index (χ2v) is 9.43. The first-order valence-corrected chi connectivity index (χ1v) is 11.4. The number of halogens is 3. The van der Waals surface area contributed by atoms with Gasteiger partial charge in [-0.3, -0.25) is 4.90 Å². The quantitative estimate of drug-likeness (QED) is 0.606. The lowest BCUT2D eigenvalue weighted by atomic mass is 9.82. The Morgan fingerprint density at radius 1 is 1.15 bits per heavy atom. The molecule has 2 N–H and O–H groups in total. The van der Waals surface area contributed by atoms with Gasteiger partial charge >= 0.3 is 6.18 Å². The monoisotopic (exact) mass is 468 g/mol. The molecule has 2 aliphatic heterocycles. The topological polar surface area (TPSA) is 89.9 Å². The second kappa shape index (κ2) is 7.96. The molecule has 2 saturated heterocycles. The van der Waals surface area contributed by atoms with Gasteiger partial charge < -0.3 is 15.0 Å². The predicted octanol–water partition coefficient (Wildman–Crippen LogP) is 3.89. The lowest BCUT2D eigenvalue weighted by Crippen LogP contribution is -2.44. The van der Waals surface area contributed by atoms with E-state index in [2.05, 4.69) is 31.2 Å². The number of ether oxygens (including phenoxy) is 1. The molecule has 0 unspecified atom stereocenters. The van der Waals surface area contributed by atoms with Crippen LogP contribution in [0.15, 0.2) is 30.6 Å². The molecule has 4 heterocycles. The molecule has 2 aromatic heterocycles. The van der Waals surface area contributed by atoms with Gasteiger partial charge in [-0.2, -0.15) is 18.4 Å². The first-order valence-electron chi connectivity index (χ1n) is 11.4. The van der Waals surface area contributed by atoms with E-state index in [9.17, 15) is 18.4 Å². The van der Waals surface area contributed by atoms with Crippen molar-refractivity contribution >= 4 is 16.9 Å². The number of H-pyrrole nitrogens is 1. The molecule has 34 heavy (non-hydrogen) atoms. The Labute approximate surface area is 193 Å². The molecule has 10 heteroatoms. The standard InChI is InChI=1S/C24H23F3N6O/c25-24(26,27)20-6-18-22(31-20)29-12-30-23(18)32-21-17-3-1-13(7-28)5-14(17)2-4-19(21)33-8-15-10-34-11-16(15)9-33/h1,3,5-6,12,15-16,19,21H,2,4,8-11H2,(H2,29,30,31,32)/t15-,16+,19-,21-/m0/s1. The average Bonchev–Trinajstić information content (AvgIpc) is 3.53. The number of hydrogen-bond acceptors (Lipinski definition) is 6. The van der Waals surface area contributed by atoms with E-state index in [1.807, 2.05) is 12.1 Å². The molecule has 176 valence electrons. The number of likely N-dealkylation sites (tertiary alicyclic amines) is 1. The highest BCUT2D eigenvalue weighted by atomic mass is 19.4. The minimum atomic E-state index is -4.50. The van der Waals surface area contributed by atoms with E-state index in [-0.39, 0.29) is 17.7 Å². The van der Waals surface area contributed by atoms with Crippen LogP contribution in [0.5, 0.6) is 0 Å². The SMILES string of the molecule is N#Cc1ccc2c(c1)CC[C@H](N1C[C@H]3COC[C@H]3C1)[C@H]2Nc1ncnc2[nH]c(C(F)(F)F)cc12. The number of aryl methyl sites for hydroxylation is 1. The molecule has 4 atom stereocenters. The summed E-state index contributed by atoms with van der Waals surface area (Å²) in [5.41, 5.74) is 2.05. The van der Waals surface area contributed by atoms with Crippen molar-refractivity contribution in [2.24, 2.45) is 11.8 Å². The number of hydrogen-bond donors (Lipinski definition) is 2. The number of benzene rings is 1. The van der Waals surface area contributed by atoms with Gasteiger partial charge in [0.05, 0.1) is 36.3 Å². The number of fused-ring (bicyclic) bond motifs is 3. The maximum absolute atomic E-state index is 13.3. The number of nitrogens with one attached hydrogen (secondary N) is 2. The van der Waals surface area contributed by atoms with E-state index < -0.39 is 11.9 Å².